The van der Waals surface area contributed by atoms with Crippen molar-refractivity contribution in [1.29, 1.82) is 0 Å². The van der Waals surface area contributed by atoms with Gasteiger partial charge in [0.25, 0.3) is 0 Å². The standard InChI is InChI=1S/C14H19F2N3/c1-2-17-14(19-7-3-4-8-19)18-10-11-9-12(15)5-6-13(11)16/h5-6,9H,2-4,7-8,10H2,1H3,(H,17,18). The molecule has 0 saturated carbocycles. The molecule has 104 valence electrons. The third kappa shape index (κ3) is 3.66. The third-order valence-corrected chi connectivity index (χ3v) is 3.15. The van der Waals surface area contributed by atoms with E-state index in [1.54, 1.807) is 0 Å². The highest BCUT2D eigenvalue weighted by molar-refractivity contribution is 5.80. The minimum atomic E-state index is -0.433. The van der Waals surface area contributed by atoms with Crippen molar-refractivity contribution in [2.75, 3.05) is 19.6 Å². The van der Waals surface area contributed by atoms with E-state index < -0.39 is 11.6 Å². The van der Waals surface area contributed by atoms with Crippen molar-refractivity contribution in [3.8, 4) is 0 Å². The molecule has 1 aromatic carbocycles. The highest BCUT2D eigenvalue weighted by atomic mass is 19.1. The van der Waals surface area contributed by atoms with Crippen LogP contribution in [0.3, 0.4) is 0 Å². The normalized spacial score (nSPS) is 15.9. The second-order valence-electron chi connectivity index (χ2n) is 4.60. The third-order valence-electron chi connectivity index (χ3n) is 3.15. The SMILES string of the molecule is CCNC(=NCc1cc(F)ccc1F)N1CCCC1. The summed E-state index contributed by atoms with van der Waals surface area (Å²) in [6, 6.07) is 3.46. The number of aliphatic imine (C=N–C) groups is 1. The molecule has 1 aromatic rings. The van der Waals surface area contributed by atoms with E-state index in [2.05, 4.69) is 15.2 Å². The minimum Gasteiger partial charge on any atom is -0.357 e. The lowest BCUT2D eigenvalue weighted by Crippen LogP contribution is -2.39. The van der Waals surface area contributed by atoms with Gasteiger partial charge in [-0.2, -0.15) is 0 Å². The lowest BCUT2D eigenvalue weighted by molar-refractivity contribution is 0.493. The molecule has 1 aliphatic rings. The average Bonchev–Trinajstić information content (AvgIpc) is 2.92. The number of rotatable bonds is 3. The second kappa shape index (κ2) is 6.50. The molecule has 1 aliphatic heterocycles. The molecule has 0 atom stereocenters. The summed E-state index contributed by atoms with van der Waals surface area (Å²) in [6.07, 6.45) is 2.30. The predicted octanol–water partition coefficient (Wildman–Crippen LogP) is 2.53. The first-order valence-corrected chi connectivity index (χ1v) is 6.68. The zero-order chi connectivity index (χ0) is 13.7. The van der Waals surface area contributed by atoms with Crippen LogP contribution in [-0.4, -0.2) is 30.5 Å². The van der Waals surface area contributed by atoms with Crippen LogP contribution in [0.25, 0.3) is 0 Å². The molecule has 0 radical (unpaired) electrons. The molecule has 0 bridgehead atoms. The summed E-state index contributed by atoms with van der Waals surface area (Å²) in [4.78, 5) is 6.55. The van der Waals surface area contributed by atoms with Gasteiger partial charge in [-0.1, -0.05) is 0 Å². The Kier molecular flexibility index (Phi) is 4.71. The number of guanidine groups is 1. The molecule has 0 aromatic heterocycles. The Morgan fingerprint density at radius 2 is 2.05 bits per heavy atom. The molecule has 2 rings (SSSR count). The van der Waals surface area contributed by atoms with Crippen molar-refractivity contribution in [2.45, 2.75) is 26.3 Å². The van der Waals surface area contributed by atoms with E-state index in [1.165, 1.54) is 6.07 Å². The van der Waals surface area contributed by atoms with Crippen LogP contribution in [0.2, 0.25) is 0 Å². The maximum Gasteiger partial charge on any atom is 0.194 e. The van der Waals surface area contributed by atoms with Gasteiger partial charge in [0.1, 0.15) is 11.6 Å². The van der Waals surface area contributed by atoms with Gasteiger partial charge in [0.2, 0.25) is 0 Å². The fourth-order valence-corrected chi connectivity index (χ4v) is 2.18. The van der Waals surface area contributed by atoms with Crippen LogP contribution in [-0.2, 0) is 6.54 Å². The van der Waals surface area contributed by atoms with Crippen LogP contribution in [0.1, 0.15) is 25.3 Å². The van der Waals surface area contributed by atoms with Gasteiger partial charge in [-0.15, -0.1) is 0 Å². The van der Waals surface area contributed by atoms with E-state index in [0.717, 1.165) is 50.6 Å². The molecule has 1 saturated heterocycles. The molecular weight excluding hydrogens is 248 g/mol. The largest absolute Gasteiger partial charge is 0.357 e. The van der Waals surface area contributed by atoms with E-state index in [0.29, 0.717) is 0 Å². The van der Waals surface area contributed by atoms with Crippen molar-refractivity contribution in [1.82, 2.24) is 10.2 Å². The highest BCUT2D eigenvalue weighted by Gasteiger charge is 2.15. The molecule has 5 heteroatoms. The lowest BCUT2D eigenvalue weighted by Gasteiger charge is -2.20. The van der Waals surface area contributed by atoms with E-state index in [-0.39, 0.29) is 12.1 Å². The van der Waals surface area contributed by atoms with Crippen molar-refractivity contribution >= 4 is 5.96 Å². The zero-order valence-corrected chi connectivity index (χ0v) is 11.1. The Balaban J connectivity index is 2.10. The summed E-state index contributed by atoms with van der Waals surface area (Å²) in [7, 11) is 0. The molecule has 0 spiro atoms. The maximum atomic E-state index is 13.5. The first kappa shape index (κ1) is 13.8. The Hall–Kier alpha value is -1.65. The van der Waals surface area contributed by atoms with Crippen molar-refractivity contribution in [3.63, 3.8) is 0 Å². The smallest absolute Gasteiger partial charge is 0.194 e. The quantitative estimate of drug-likeness (QED) is 0.673. The van der Waals surface area contributed by atoms with Gasteiger partial charge >= 0.3 is 0 Å². The van der Waals surface area contributed by atoms with Crippen LogP contribution in [0.4, 0.5) is 8.78 Å². The van der Waals surface area contributed by atoms with Gasteiger partial charge in [0, 0.05) is 25.2 Å². The summed E-state index contributed by atoms with van der Waals surface area (Å²) in [5, 5.41) is 3.19. The summed E-state index contributed by atoms with van der Waals surface area (Å²) in [6.45, 7) is 4.85. The maximum absolute atomic E-state index is 13.5. The van der Waals surface area contributed by atoms with Crippen molar-refractivity contribution in [2.24, 2.45) is 4.99 Å². The summed E-state index contributed by atoms with van der Waals surface area (Å²) in [5.41, 5.74) is 0.287. The molecule has 3 nitrogen and oxygen atoms in total. The first-order valence-electron chi connectivity index (χ1n) is 6.68. The fourth-order valence-electron chi connectivity index (χ4n) is 2.18. The van der Waals surface area contributed by atoms with Crippen molar-refractivity contribution < 1.29 is 8.78 Å². The van der Waals surface area contributed by atoms with E-state index in [9.17, 15) is 8.78 Å². The molecule has 19 heavy (non-hydrogen) atoms. The zero-order valence-electron chi connectivity index (χ0n) is 11.1. The van der Waals surface area contributed by atoms with Gasteiger partial charge in [-0.3, -0.25) is 0 Å². The Morgan fingerprint density at radius 3 is 2.74 bits per heavy atom. The van der Waals surface area contributed by atoms with Gasteiger partial charge in [-0.05, 0) is 38.0 Å². The number of nitrogens with zero attached hydrogens (tertiary/aromatic N) is 2. The second-order valence-corrected chi connectivity index (χ2v) is 4.60. The molecule has 1 fully saturated rings. The minimum absolute atomic E-state index is 0.155. The molecule has 1 heterocycles. The van der Waals surface area contributed by atoms with Crippen LogP contribution in [0.5, 0.6) is 0 Å². The Labute approximate surface area is 112 Å². The van der Waals surface area contributed by atoms with E-state index in [4.69, 9.17) is 0 Å². The van der Waals surface area contributed by atoms with Gasteiger partial charge in [0.15, 0.2) is 5.96 Å². The van der Waals surface area contributed by atoms with Gasteiger partial charge in [-0.25, -0.2) is 13.8 Å². The molecular formula is C14H19F2N3. The molecule has 0 aliphatic carbocycles. The first-order chi connectivity index (χ1) is 9.20. The van der Waals surface area contributed by atoms with Crippen LogP contribution < -0.4 is 5.32 Å². The van der Waals surface area contributed by atoms with Crippen LogP contribution >= 0.6 is 0 Å². The number of nitrogens with one attached hydrogen (secondary N) is 1. The Morgan fingerprint density at radius 1 is 1.32 bits per heavy atom. The lowest BCUT2D eigenvalue weighted by atomic mass is 10.2. The molecule has 1 N–H and O–H groups in total. The average molecular weight is 267 g/mol. The predicted molar refractivity (Wildman–Crippen MR) is 72.0 cm³/mol. The van der Waals surface area contributed by atoms with E-state index >= 15 is 0 Å². The summed E-state index contributed by atoms with van der Waals surface area (Å²) < 4.78 is 26.6. The van der Waals surface area contributed by atoms with Gasteiger partial charge < -0.3 is 10.2 Å². The summed E-state index contributed by atoms with van der Waals surface area (Å²) in [5.74, 6) is -0.0659. The van der Waals surface area contributed by atoms with Gasteiger partial charge in [0.05, 0.1) is 6.54 Å². The Bertz CT molecular complexity index is 454. The summed E-state index contributed by atoms with van der Waals surface area (Å²) >= 11 is 0. The monoisotopic (exact) mass is 267 g/mol. The highest BCUT2D eigenvalue weighted by Crippen LogP contribution is 2.12. The van der Waals surface area contributed by atoms with E-state index in [1.807, 2.05) is 6.92 Å². The molecule has 0 unspecified atom stereocenters. The number of halogens is 2. The topological polar surface area (TPSA) is 27.6 Å². The van der Waals surface area contributed by atoms with Crippen molar-refractivity contribution in [3.05, 3.63) is 35.4 Å². The number of benzene rings is 1. The number of hydrogen-bond acceptors (Lipinski definition) is 1. The number of hydrogen-bond donors (Lipinski definition) is 1. The fraction of sp³-hybridized carbons (Fsp3) is 0.500. The molecule has 0 amide bonds. The van der Waals surface area contributed by atoms with Crippen LogP contribution in [0.15, 0.2) is 23.2 Å². The van der Waals surface area contributed by atoms with Crippen LogP contribution in [0, 0.1) is 11.6 Å². The number of likely N-dealkylation sites (tertiary alicyclic amines) is 1.